The zero-order valence-electron chi connectivity index (χ0n) is 10.1. The quantitative estimate of drug-likeness (QED) is 0.870. The molecule has 1 aromatic carbocycles. The maximum Gasteiger partial charge on any atom is 0.335 e. The molecule has 1 rings (SSSR count). The normalized spacial score (nSPS) is 11.9. The third kappa shape index (κ3) is 4.34. The molecular formula is C12H14BrNO3S. The standard InChI is InChI=1S/C12H14BrNO3S/c1-7(6-18-2)14-11(15)8-3-9(12(16)17)5-10(13)4-8/h3-5,7H,6H2,1-2H3,(H,14,15)(H,16,17). The molecule has 0 heterocycles. The van der Waals surface area contributed by atoms with Gasteiger partial charge in [0, 0.05) is 21.8 Å². The first-order chi connectivity index (χ1) is 8.43. The van der Waals surface area contributed by atoms with E-state index in [1.165, 1.54) is 12.1 Å². The van der Waals surface area contributed by atoms with Gasteiger partial charge in [-0.1, -0.05) is 15.9 Å². The maximum atomic E-state index is 11.9. The number of aromatic carboxylic acids is 1. The fourth-order valence-electron chi connectivity index (χ4n) is 1.44. The van der Waals surface area contributed by atoms with Crippen molar-refractivity contribution in [3.8, 4) is 0 Å². The summed E-state index contributed by atoms with van der Waals surface area (Å²) in [4.78, 5) is 22.8. The van der Waals surface area contributed by atoms with Crippen LogP contribution in [0.3, 0.4) is 0 Å². The van der Waals surface area contributed by atoms with Crippen molar-refractivity contribution in [2.45, 2.75) is 13.0 Å². The molecule has 0 saturated carbocycles. The minimum atomic E-state index is -1.05. The van der Waals surface area contributed by atoms with Crippen molar-refractivity contribution in [1.82, 2.24) is 5.32 Å². The lowest BCUT2D eigenvalue weighted by Gasteiger charge is -2.12. The Labute approximate surface area is 118 Å². The molecule has 1 unspecified atom stereocenters. The number of thioether (sulfide) groups is 1. The summed E-state index contributed by atoms with van der Waals surface area (Å²) in [7, 11) is 0. The molecule has 0 spiro atoms. The minimum absolute atomic E-state index is 0.0414. The lowest BCUT2D eigenvalue weighted by molar-refractivity contribution is 0.0697. The van der Waals surface area contributed by atoms with Gasteiger partial charge in [-0.15, -0.1) is 0 Å². The van der Waals surface area contributed by atoms with Crippen LogP contribution >= 0.6 is 27.7 Å². The van der Waals surface area contributed by atoms with E-state index in [2.05, 4.69) is 21.2 Å². The highest BCUT2D eigenvalue weighted by molar-refractivity contribution is 9.10. The third-order valence-corrected chi connectivity index (χ3v) is 3.49. The van der Waals surface area contributed by atoms with E-state index in [9.17, 15) is 9.59 Å². The van der Waals surface area contributed by atoms with Crippen LogP contribution in [0.15, 0.2) is 22.7 Å². The van der Waals surface area contributed by atoms with Crippen molar-refractivity contribution in [3.05, 3.63) is 33.8 Å². The summed E-state index contributed by atoms with van der Waals surface area (Å²) in [5, 5.41) is 11.7. The summed E-state index contributed by atoms with van der Waals surface area (Å²) in [5.74, 6) is -0.506. The van der Waals surface area contributed by atoms with Crippen LogP contribution in [-0.4, -0.2) is 35.0 Å². The van der Waals surface area contributed by atoms with Crippen molar-refractivity contribution in [3.63, 3.8) is 0 Å². The number of amides is 1. The van der Waals surface area contributed by atoms with Crippen LogP contribution in [0.4, 0.5) is 0 Å². The van der Waals surface area contributed by atoms with Gasteiger partial charge in [0.25, 0.3) is 5.91 Å². The number of benzene rings is 1. The van der Waals surface area contributed by atoms with E-state index in [-0.39, 0.29) is 17.5 Å². The van der Waals surface area contributed by atoms with Crippen molar-refractivity contribution < 1.29 is 14.7 Å². The predicted octanol–water partition coefficient (Wildman–Crippen LogP) is 2.63. The van der Waals surface area contributed by atoms with Crippen LogP contribution in [0.2, 0.25) is 0 Å². The zero-order chi connectivity index (χ0) is 13.7. The average molecular weight is 332 g/mol. The molecule has 1 amide bonds. The van der Waals surface area contributed by atoms with E-state index in [0.29, 0.717) is 10.0 Å². The molecule has 0 bridgehead atoms. The van der Waals surface area contributed by atoms with Crippen molar-refractivity contribution in [1.29, 1.82) is 0 Å². The first-order valence-electron chi connectivity index (χ1n) is 5.27. The van der Waals surface area contributed by atoms with Crippen LogP contribution in [0.1, 0.15) is 27.6 Å². The Balaban J connectivity index is 2.88. The number of rotatable bonds is 5. The SMILES string of the molecule is CSCC(C)NC(=O)c1cc(Br)cc(C(=O)O)c1. The van der Waals surface area contributed by atoms with E-state index in [1.54, 1.807) is 17.8 Å². The molecule has 0 aromatic heterocycles. The van der Waals surface area contributed by atoms with E-state index in [1.807, 2.05) is 13.2 Å². The van der Waals surface area contributed by atoms with Crippen LogP contribution in [0.25, 0.3) is 0 Å². The summed E-state index contributed by atoms with van der Waals surface area (Å²) in [6, 6.07) is 4.48. The summed E-state index contributed by atoms with van der Waals surface area (Å²) in [6.45, 7) is 1.91. The molecule has 98 valence electrons. The van der Waals surface area contributed by atoms with Gasteiger partial charge < -0.3 is 10.4 Å². The predicted molar refractivity (Wildman–Crippen MR) is 76.4 cm³/mol. The van der Waals surface area contributed by atoms with Crippen LogP contribution in [0, 0.1) is 0 Å². The second kappa shape index (κ2) is 6.80. The van der Waals surface area contributed by atoms with Gasteiger partial charge in [0.2, 0.25) is 0 Å². The topological polar surface area (TPSA) is 66.4 Å². The third-order valence-electron chi connectivity index (χ3n) is 2.20. The number of hydrogen-bond acceptors (Lipinski definition) is 3. The van der Waals surface area contributed by atoms with E-state index >= 15 is 0 Å². The van der Waals surface area contributed by atoms with Gasteiger partial charge in [-0.3, -0.25) is 4.79 Å². The zero-order valence-corrected chi connectivity index (χ0v) is 12.5. The van der Waals surface area contributed by atoms with Gasteiger partial charge in [-0.2, -0.15) is 11.8 Å². The molecule has 0 aliphatic carbocycles. The molecule has 1 atom stereocenters. The molecular weight excluding hydrogens is 318 g/mol. The smallest absolute Gasteiger partial charge is 0.335 e. The Morgan fingerprint density at radius 1 is 1.39 bits per heavy atom. The number of halogens is 1. The van der Waals surface area contributed by atoms with Gasteiger partial charge in [0.1, 0.15) is 0 Å². The van der Waals surface area contributed by atoms with Crippen molar-refractivity contribution in [2.75, 3.05) is 12.0 Å². The lowest BCUT2D eigenvalue weighted by Crippen LogP contribution is -2.34. The molecule has 4 nitrogen and oxygen atoms in total. The fourth-order valence-corrected chi connectivity index (χ4v) is 2.52. The summed E-state index contributed by atoms with van der Waals surface area (Å²) < 4.78 is 0.574. The van der Waals surface area contributed by atoms with Crippen molar-refractivity contribution in [2.24, 2.45) is 0 Å². The second-order valence-electron chi connectivity index (χ2n) is 3.86. The second-order valence-corrected chi connectivity index (χ2v) is 5.69. The number of carboxylic acids is 1. The average Bonchev–Trinajstić information content (AvgIpc) is 2.28. The highest BCUT2D eigenvalue weighted by Gasteiger charge is 2.13. The van der Waals surface area contributed by atoms with Gasteiger partial charge in [0.05, 0.1) is 5.56 Å². The van der Waals surface area contributed by atoms with Crippen LogP contribution < -0.4 is 5.32 Å². The molecule has 2 N–H and O–H groups in total. The molecule has 0 aliphatic rings. The summed E-state index contributed by atoms with van der Waals surface area (Å²) >= 11 is 4.84. The van der Waals surface area contributed by atoms with E-state index in [4.69, 9.17) is 5.11 Å². The van der Waals surface area contributed by atoms with Gasteiger partial charge in [-0.25, -0.2) is 4.79 Å². The largest absolute Gasteiger partial charge is 0.478 e. The highest BCUT2D eigenvalue weighted by atomic mass is 79.9. The summed E-state index contributed by atoms with van der Waals surface area (Å²) in [6.07, 6.45) is 1.96. The van der Waals surface area contributed by atoms with Crippen LogP contribution in [0.5, 0.6) is 0 Å². The molecule has 0 fully saturated rings. The van der Waals surface area contributed by atoms with Gasteiger partial charge >= 0.3 is 5.97 Å². The lowest BCUT2D eigenvalue weighted by atomic mass is 10.1. The molecule has 1 aromatic rings. The monoisotopic (exact) mass is 331 g/mol. The van der Waals surface area contributed by atoms with Gasteiger partial charge in [0.15, 0.2) is 0 Å². The summed E-state index contributed by atoms with van der Waals surface area (Å²) in [5.41, 5.74) is 0.432. The van der Waals surface area contributed by atoms with E-state index < -0.39 is 5.97 Å². The van der Waals surface area contributed by atoms with Crippen LogP contribution in [-0.2, 0) is 0 Å². The molecule has 0 saturated heterocycles. The molecule has 6 heteroatoms. The number of nitrogens with one attached hydrogen (secondary N) is 1. The first-order valence-corrected chi connectivity index (χ1v) is 7.46. The van der Waals surface area contributed by atoms with Gasteiger partial charge in [-0.05, 0) is 31.4 Å². The number of carboxylic acid groups (broad SMARTS) is 1. The first kappa shape index (κ1) is 15.0. The number of carbonyl (C=O) groups excluding carboxylic acids is 1. The Morgan fingerprint density at radius 3 is 2.56 bits per heavy atom. The minimum Gasteiger partial charge on any atom is -0.478 e. The molecule has 0 radical (unpaired) electrons. The fraction of sp³-hybridized carbons (Fsp3) is 0.333. The Morgan fingerprint density at radius 2 is 2.00 bits per heavy atom. The molecule has 18 heavy (non-hydrogen) atoms. The number of hydrogen-bond donors (Lipinski definition) is 2. The highest BCUT2D eigenvalue weighted by Crippen LogP contribution is 2.16. The van der Waals surface area contributed by atoms with E-state index in [0.717, 1.165) is 5.75 Å². The molecule has 0 aliphatic heterocycles. The maximum absolute atomic E-state index is 11.9. The Kier molecular flexibility index (Phi) is 5.68. The number of carbonyl (C=O) groups is 2. The Bertz CT molecular complexity index is 465. The Hall–Kier alpha value is -1.01. The van der Waals surface area contributed by atoms with Crippen molar-refractivity contribution >= 4 is 39.6 Å².